The van der Waals surface area contributed by atoms with Gasteiger partial charge in [0.25, 0.3) is 10.0 Å². The molecule has 3 rings (SSSR count). The Morgan fingerprint density at radius 3 is 2.38 bits per heavy atom. The normalized spacial score (nSPS) is 17.1. The molecule has 0 bridgehead atoms. The quantitative estimate of drug-likeness (QED) is 0.858. The molecule has 1 heterocycles. The van der Waals surface area contributed by atoms with E-state index in [0.717, 1.165) is 12.5 Å². The van der Waals surface area contributed by atoms with Gasteiger partial charge in [-0.05, 0) is 67.8 Å². The van der Waals surface area contributed by atoms with E-state index in [1.165, 1.54) is 35.5 Å². The maximum Gasteiger partial charge on any atom is 0.261 e. The Morgan fingerprint density at radius 1 is 1.08 bits per heavy atom. The number of nitrogens with zero attached hydrogens (tertiary/aromatic N) is 1. The highest BCUT2D eigenvalue weighted by Crippen LogP contribution is 2.26. The summed E-state index contributed by atoms with van der Waals surface area (Å²) in [7, 11) is -7.18. The van der Waals surface area contributed by atoms with Crippen LogP contribution in [0.4, 0.5) is 15.8 Å². The summed E-state index contributed by atoms with van der Waals surface area (Å²) in [4.78, 5) is -0.0425. The Labute approximate surface area is 152 Å². The van der Waals surface area contributed by atoms with Gasteiger partial charge in [0.2, 0.25) is 10.0 Å². The van der Waals surface area contributed by atoms with Crippen molar-refractivity contribution in [1.29, 1.82) is 0 Å². The third-order valence-corrected chi connectivity index (χ3v) is 7.44. The zero-order valence-corrected chi connectivity index (χ0v) is 15.8. The second-order valence-corrected chi connectivity index (χ2v) is 9.85. The number of benzene rings is 2. The van der Waals surface area contributed by atoms with E-state index < -0.39 is 25.9 Å². The van der Waals surface area contributed by atoms with E-state index in [0.29, 0.717) is 24.3 Å². The number of anilines is 2. The molecule has 26 heavy (non-hydrogen) atoms. The number of halogens is 1. The van der Waals surface area contributed by atoms with Crippen LogP contribution in [-0.4, -0.2) is 29.1 Å². The first kappa shape index (κ1) is 18.7. The highest BCUT2D eigenvalue weighted by atomic mass is 32.2. The SMILES string of the molecule is Cc1cc(S(=O)(=O)Nc2ccc(N3CCCCS3(=O)=O)cc2)ccc1F. The van der Waals surface area contributed by atoms with Crippen molar-refractivity contribution < 1.29 is 21.2 Å². The Morgan fingerprint density at radius 2 is 1.77 bits per heavy atom. The zero-order chi connectivity index (χ0) is 18.9. The predicted molar refractivity (Wildman–Crippen MR) is 98.8 cm³/mol. The molecule has 0 atom stereocenters. The average molecular weight is 398 g/mol. The van der Waals surface area contributed by atoms with Gasteiger partial charge in [-0.25, -0.2) is 21.2 Å². The van der Waals surface area contributed by atoms with Crippen molar-refractivity contribution in [3.8, 4) is 0 Å². The summed E-state index contributed by atoms with van der Waals surface area (Å²) in [6, 6.07) is 9.70. The van der Waals surface area contributed by atoms with Crippen molar-refractivity contribution in [2.24, 2.45) is 0 Å². The second kappa shape index (κ2) is 6.88. The summed E-state index contributed by atoms with van der Waals surface area (Å²) in [6.07, 6.45) is 1.44. The van der Waals surface area contributed by atoms with Gasteiger partial charge in [-0.1, -0.05) is 0 Å². The number of rotatable bonds is 4. The molecule has 1 aliphatic rings. The van der Waals surface area contributed by atoms with Gasteiger partial charge in [0.05, 0.1) is 16.3 Å². The molecular formula is C17H19FN2O4S2. The van der Waals surface area contributed by atoms with Crippen LogP contribution < -0.4 is 9.03 Å². The van der Waals surface area contributed by atoms with E-state index >= 15 is 0 Å². The smallest absolute Gasteiger partial charge is 0.261 e. The summed E-state index contributed by atoms with van der Waals surface area (Å²) >= 11 is 0. The molecule has 1 N–H and O–H groups in total. The molecule has 2 aromatic carbocycles. The molecule has 0 radical (unpaired) electrons. The van der Waals surface area contributed by atoms with Gasteiger partial charge in [0, 0.05) is 12.2 Å². The van der Waals surface area contributed by atoms with Gasteiger partial charge in [-0.3, -0.25) is 9.03 Å². The minimum Gasteiger partial charge on any atom is -0.280 e. The minimum absolute atomic E-state index is 0.0425. The molecule has 6 nitrogen and oxygen atoms in total. The van der Waals surface area contributed by atoms with Crippen LogP contribution in [0.5, 0.6) is 0 Å². The minimum atomic E-state index is -3.86. The van der Waals surface area contributed by atoms with Crippen molar-refractivity contribution in [2.75, 3.05) is 21.3 Å². The third-order valence-electron chi connectivity index (χ3n) is 4.20. The topological polar surface area (TPSA) is 83.6 Å². The largest absolute Gasteiger partial charge is 0.280 e. The zero-order valence-electron chi connectivity index (χ0n) is 14.1. The van der Waals surface area contributed by atoms with Gasteiger partial charge in [0.1, 0.15) is 5.82 Å². The lowest BCUT2D eigenvalue weighted by Gasteiger charge is -2.28. The molecule has 140 valence electrons. The molecule has 0 aliphatic carbocycles. The van der Waals surface area contributed by atoms with Crippen molar-refractivity contribution >= 4 is 31.4 Å². The van der Waals surface area contributed by atoms with Crippen molar-refractivity contribution in [2.45, 2.75) is 24.7 Å². The van der Waals surface area contributed by atoms with Crippen LogP contribution in [0.1, 0.15) is 18.4 Å². The molecule has 0 saturated carbocycles. The molecule has 0 aromatic heterocycles. The van der Waals surface area contributed by atoms with Crippen LogP contribution in [0.2, 0.25) is 0 Å². The molecular weight excluding hydrogens is 379 g/mol. The molecule has 0 spiro atoms. The van der Waals surface area contributed by atoms with E-state index in [1.54, 1.807) is 12.1 Å². The van der Waals surface area contributed by atoms with E-state index in [-0.39, 0.29) is 16.2 Å². The Balaban J connectivity index is 1.81. The van der Waals surface area contributed by atoms with Crippen LogP contribution in [0.3, 0.4) is 0 Å². The fraction of sp³-hybridized carbons (Fsp3) is 0.294. The number of sulfonamides is 2. The van der Waals surface area contributed by atoms with Gasteiger partial charge in [0.15, 0.2) is 0 Å². The fourth-order valence-electron chi connectivity index (χ4n) is 2.77. The van der Waals surface area contributed by atoms with Gasteiger partial charge >= 0.3 is 0 Å². The van der Waals surface area contributed by atoms with Gasteiger partial charge in [-0.2, -0.15) is 0 Å². The van der Waals surface area contributed by atoms with Crippen molar-refractivity contribution in [1.82, 2.24) is 0 Å². The van der Waals surface area contributed by atoms with Crippen LogP contribution in [-0.2, 0) is 20.0 Å². The van der Waals surface area contributed by atoms with Crippen LogP contribution in [0, 0.1) is 12.7 Å². The van der Waals surface area contributed by atoms with E-state index in [1.807, 2.05) is 0 Å². The van der Waals surface area contributed by atoms with Crippen molar-refractivity contribution in [3.05, 3.63) is 53.8 Å². The first-order valence-electron chi connectivity index (χ1n) is 8.08. The van der Waals surface area contributed by atoms with E-state index in [4.69, 9.17) is 0 Å². The summed E-state index contributed by atoms with van der Waals surface area (Å²) in [6.45, 7) is 1.91. The van der Waals surface area contributed by atoms with Crippen molar-refractivity contribution in [3.63, 3.8) is 0 Å². The number of hydrogen-bond donors (Lipinski definition) is 1. The molecule has 1 aliphatic heterocycles. The highest BCUT2D eigenvalue weighted by molar-refractivity contribution is 7.93. The number of hydrogen-bond acceptors (Lipinski definition) is 4. The summed E-state index contributed by atoms with van der Waals surface area (Å²) < 4.78 is 66.2. The lowest BCUT2D eigenvalue weighted by molar-refractivity contribution is 0.574. The monoisotopic (exact) mass is 398 g/mol. The summed E-state index contributed by atoms with van der Waals surface area (Å²) in [5.41, 5.74) is 1.04. The molecule has 1 saturated heterocycles. The highest BCUT2D eigenvalue weighted by Gasteiger charge is 2.26. The van der Waals surface area contributed by atoms with Crippen LogP contribution >= 0.6 is 0 Å². The Bertz CT molecular complexity index is 1020. The first-order valence-corrected chi connectivity index (χ1v) is 11.2. The maximum atomic E-state index is 13.3. The molecule has 1 fully saturated rings. The average Bonchev–Trinajstić information content (AvgIpc) is 2.57. The summed E-state index contributed by atoms with van der Waals surface area (Å²) in [5.74, 6) is -0.360. The standard InChI is InChI=1S/C17H19FN2O4S2/c1-13-12-16(8-9-17(13)18)26(23,24)19-14-4-6-15(7-5-14)20-10-2-3-11-25(20,21)22/h4-9,12,19H,2-3,10-11H2,1H3. The predicted octanol–water partition coefficient (Wildman–Crippen LogP) is 2.86. The Kier molecular flexibility index (Phi) is 4.94. The lowest BCUT2D eigenvalue weighted by Crippen LogP contribution is -2.37. The molecule has 9 heteroatoms. The van der Waals surface area contributed by atoms with Gasteiger partial charge in [-0.15, -0.1) is 0 Å². The molecule has 0 amide bonds. The van der Waals surface area contributed by atoms with E-state index in [2.05, 4.69) is 4.72 Å². The van der Waals surface area contributed by atoms with Gasteiger partial charge < -0.3 is 0 Å². The molecule has 2 aromatic rings. The summed E-state index contributed by atoms with van der Waals surface area (Å²) in [5, 5.41) is 0. The first-order chi connectivity index (χ1) is 12.2. The number of nitrogens with one attached hydrogen (secondary N) is 1. The maximum absolute atomic E-state index is 13.3. The third kappa shape index (κ3) is 3.83. The number of aryl methyl sites for hydroxylation is 1. The van der Waals surface area contributed by atoms with Crippen LogP contribution in [0.25, 0.3) is 0 Å². The van der Waals surface area contributed by atoms with E-state index in [9.17, 15) is 21.2 Å². The lowest BCUT2D eigenvalue weighted by atomic mass is 10.2. The van der Waals surface area contributed by atoms with Crippen LogP contribution in [0.15, 0.2) is 47.4 Å². The Hall–Kier alpha value is -2.13. The molecule has 0 unspecified atom stereocenters. The second-order valence-electron chi connectivity index (χ2n) is 6.16. The fourth-order valence-corrected chi connectivity index (χ4v) is 5.56.